The van der Waals surface area contributed by atoms with E-state index in [-0.39, 0.29) is 21.2 Å². The number of benzene rings is 2. The lowest BCUT2D eigenvalue weighted by molar-refractivity contribution is -0.386. The number of ether oxygens (including phenoxy) is 1. The Balaban J connectivity index is 2.75. The predicted molar refractivity (Wildman–Crippen MR) is 87.7 cm³/mol. The van der Waals surface area contributed by atoms with Gasteiger partial charge < -0.3 is 9.84 Å². The van der Waals surface area contributed by atoms with Crippen LogP contribution in [0.2, 0.25) is 5.02 Å². The standard InChI is InChI=1S/C15H11ClN2O6S/c1-8-3-9(4-12(16)11(8)7-17)25(22,23)10-5-13(18(20)21)15(19)14(6-10)24-2/h3-6,19H,1-2H3. The molecule has 0 aliphatic heterocycles. The quantitative estimate of drug-likeness (QED) is 0.635. The van der Waals surface area contributed by atoms with E-state index >= 15 is 0 Å². The average molecular weight is 383 g/mol. The van der Waals surface area contributed by atoms with Gasteiger partial charge in [-0.05, 0) is 24.6 Å². The van der Waals surface area contributed by atoms with Gasteiger partial charge in [0.05, 0.1) is 32.4 Å². The molecule has 25 heavy (non-hydrogen) atoms. The van der Waals surface area contributed by atoms with Crippen molar-refractivity contribution in [2.24, 2.45) is 0 Å². The zero-order valence-corrected chi connectivity index (χ0v) is 14.6. The SMILES string of the molecule is COc1cc(S(=O)(=O)c2cc(C)c(C#N)c(Cl)c2)cc([N+](=O)[O-])c1O. The molecule has 1 N–H and O–H groups in total. The van der Waals surface area contributed by atoms with Gasteiger partial charge in [0.25, 0.3) is 0 Å². The molecule has 10 heteroatoms. The van der Waals surface area contributed by atoms with E-state index < -0.39 is 31.1 Å². The number of nitrogens with zero attached hydrogens (tertiary/aromatic N) is 2. The molecule has 0 spiro atoms. The summed E-state index contributed by atoms with van der Waals surface area (Å²) < 4.78 is 30.4. The first-order valence-corrected chi connectivity index (χ1v) is 8.50. The lowest BCUT2D eigenvalue weighted by atomic mass is 10.1. The van der Waals surface area contributed by atoms with Crippen LogP contribution in [0.3, 0.4) is 0 Å². The third-order valence-electron chi connectivity index (χ3n) is 3.44. The highest BCUT2D eigenvalue weighted by Gasteiger charge is 2.27. The number of phenolic OH excluding ortho intramolecular Hbond substituents is 1. The molecule has 0 amide bonds. The number of nitro benzene ring substituents is 1. The molecule has 0 radical (unpaired) electrons. The van der Waals surface area contributed by atoms with Crippen LogP contribution < -0.4 is 4.74 Å². The number of aryl methyl sites for hydroxylation is 1. The number of sulfone groups is 1. The summed E-state index contributed by atoms with van der Waals surface area (Å²) in [6.45, 7) is 1.52. The van der Waals surface area contributed by atoms with E-state index in [9.17, 15) is 23.6 Å². The van der Waals surface area contributed by atoms with E-state index in [1.807, 2.05) is 6.07 Å². The van der Waals surface area contributed by atoms with Crippen LogP contribution in [-0.2, 0) is 9.84 Å². The van der Waals surface area contributed by atoms with Gasteiger partial charge >= 0.3 is 5.69 Å². The molecule has 130 valence electrons. The first-order valence-electron chi connectivity index (χ1n) is 6.64. The normalized spacial score (nSPS) is 11.0. The number of nitriles is 1. The maximum Gasteiger partial charge on any atom is 0.315 e. The van der Waals surface area contributed by atoms with Crippen molar-refractivity contribution in [3.8, 4) is 17.6 Å². The maximum atomic E-state index is 12.8. The molecule has 8 nitrogen and oxygen atoms in total. The first-order chi connectivity index (χ1) is 11.6. The highest BCUT2D eigenvalue weighted by Crippen LogP contribution is 2.40. The molecule has 2 aromatic rings. The molecule has 0 atom stereocenters. The van der Waals surface area contributed by atoms with Gasteiger partial charge in [-0.25, -0.2) is 8.42 Å². The van der Waals surface area contributed by atoms with Gasteiger partial charge in [0.1, 0.15) is 6.07 Å². The molecule has 0 unspecified atom stereocenters. The van der Waals surface area contributed by atoms with E-state index in [0.717, 1.165) is 25.3 Å². The number of methoxy groups -OCH3 is 1. The summed E-state index contributed by atoms with van der Waals surface area (Å²) in [6, 6.07) is 5.90. The molecule has 0 aliphatic carbocycles. The predicted octanol–water partition coefficient (Wildman–Crippen LogP) is 2.98. The molecular formula is C15H11ClN2O6S. The minimum Gasteiger partial charge on any atom is -0.500 e. The Bertz CT molecular complexity index is 1000. The monoisotopic (exact) mass is 382 g/mol. The van der Waals surface area contributed by atoms with Crippen LogP contribution >= 0.6 is 11.6 Å². The van der Waals surface area contributed by atoms with Crippen molar-refractivity contribution in [3.63, 3.8) is 0 Å². The second-order valence-electron chi connectivity index (χ2n) is 4.96. The van der Waals surface area contributed by atoms with Crippen molar-refractivity contribution >= 4 is 27.1 Å². The van der Waals surface area contributed by atoms with Crippen molar-refractivity contribution in [3.05, 3.63) is 50.5 Å². The van der Waals surface area contributed by atoms with E-state index in [1.54, 1.807) is 0 Å². The lowest BCUT2D eigenvalue weighted by Crippen LogP contribution is -2.05. The lowest BCUT2D eigenvalue weighted by Gasteiger charge is -2.10. The fraction of sp³-hybridized carbons (Fsp3) is 0.133. The second kappa shape index (κ2) is 6.58. The third-order valence-corrected chi connectivity index (χ3v) is 5.45. The molecule has 0 fully saturated rings. The van der Waals surface area contributed by atoms with Crippen LogP contribution in [0.15, 0.2) is 34.1 Å². The van der Waals surface area contributed by atoms with Crippen molar-refractivity contribution in [2.45, 2.75) is 16.7 Å². The number of rotatable bonds is 4. The number of aromatic hydroxyl groups is 1. The Labute approximate surface area is 147 Å². The van der Waals surface area contributed by atoms with E-state index in [4.69, 9.17) is 21.6 Å². The number of hydrogen-bond acceptors (Lipinski definition) is 7. The summed E-state index contributed by atoms with van der Waals surface area (Å²) >= 11 is 5.93. The largest absolute Gasteiger partial charge is 0.500 e. The number of nitro groups is 1. The van der Waals surface area contributed by atoms with Gasteiger partial charge in [0.2, 0.25) is 15.6 Å². The summed E-state index contributed by atoms with van der Waals surface area (Å²) in [6.07, 6.45) is 0. The molecule has 0 heterocycles. The van der Waals surface area contributed by atoms with Crippen LogP contribution in [0.1, 0.15) is 11.1 Å². The Hall–Kier alpha value is -2.83. The van der Waals surface area contributed by atoms with E-state index in [0.29, 0.717) is 5.56 Å². The van der Waals surface area contributed by atoms with Gasteiger partial charge in [-0.1, -0.05) is 11.6 Å². The smallest absolute Gasteiger partial charge is 0.315 e. The molecule has 2 rings (SSSR count). The minimum absolute atomic E-state index is 0.0543. The van der Waals surface area contributed by atoms with Crippen molar-refractivity contribution in [2.75, 3.05) is 7.11 Å². The highest BCUT2D eigenvalue weighted by atomic mass is 35.5. The Kier molecular flexibility index (Phi) is 4.87. The molecular weight excluding hydrogens is 372 g/mol. The average Bonchev–Trinajstić information content (AvgIpc) is 2.54. The molecule has 0 saturated heterocycles. The first kappa shape index (κ1) is 18.5. The van der Waals surface area contributed by atoms with E-state index in [2.05, 4.69) is 0 Å². The summed E-state index contributed by atoms with van der Waals surface area (Å²) in [5.41, 5.74) is -0.335. The molecule has 0 aliphatic rings. The molecule has 0 aromatic heterocycles. The molecule has 0 saturated carbocycles. The van der Waals surface area contributed by atoms with Gasteiger partial charge in [0, 0.05) is 12.1 Å². The van der Waals surface area contributed by atoms with Gasteiger partial charge in [-0.3, -0.25) is 10.1 Å². The van der Waals surface area contributed by atoms with Crippen molar-refractivity contribution in [1.29, 1.82) is 5.26 Å². The summed E-state index contributed by atoms with van der Waals surface area (Å²) in [4.78, 5) is 9.42. The van der Waals surface area contributed by atoms with Crippen molar-refractivity contribution in [1.82, 2.24) is 0 Å². The van der Waals surface area contributed by atoms with Crippen molar-refractivity contribution < 1.29 is 23.2 Å². The summed E-state index contributed by atoms with van der Waals surface area (Å²) in [5.74, 6) is -1.13. The minimum atomic E-state index is -4.20. The third kappa shape index (κ3) is 3.22. The van der Waals surface area contributed by atoms with Gasteiger partial charge in [-0.15, -0.1) is 0 Å². The van der Waals surface area contributed by atoms with E-state index in [1.165, 1.54) is 13.0 Å². The zero-order valence-electron chi connectivity index (χ0n) is 13.0. The second-order valence-corrected chi connectivity index (χ2v) is 7.32. The zero-order chi connectivity index (χ0) is 18.9. The van der Waals surface area contributed by atoms with Crippen LogP contribution in [0.4, 0.5) is 5.69 Å². The number of hydrogen-bond donors (Lipinski definition) is 1. The summed E-state index contributed by atoms with van der Waals surface area (Å²) in [5, 5.41) is 29.7. The molecule has 0 bridgehead atoms. The van der Waals surface area contributed by atoms with Crippen LogP contribution in [0.25, 0.3) is 0 Å². The molecule has 2 aromatic carbocycles. The Morgan fingerprint density at radius 1 is 1.28 bits per heavy atom. The van der Waals surface area contributed by atoms with Crippen LogP contribution in [-0.4, -0.2) is 25.6 Å². The fourth-order valence-electron chi connectivity index (χ4n) is 2.16. The number of halogens is 1. The summed E-state index contributed by atoms with van der Waals surface area (Å²) in [7, 11) is -3.07. The highest BCUT2D eigenvalue weighted by molar-refractivity contribution is 7.91. The van der Waals surface area contributed by atoms with Gasteiger partial charge in [0.15, 0.2) is 5.75 Å². The Morgan fingerprint density at radius 3 is 2.36 bits per heavy atom. The topological polar surface area (TPSA) is 131 Å². The van der Waals surface area contributed by atoms with Crippen LogP contribution in [0.5, 0.6) is 11.5 Å². The van der Waals surface area contributed by atoms with Gasteiger partial charge in [-0.2, -0.15) is 5.26 Å². The fourth-order valence-corrected chi connectivity index (χ4v) is 3.94. The maximum absolute atomic E-state index is 12.8. The number of phenols is 1. The Morgan fingerprint density at radius 2 is 1.88 bits per heavy atom. The van der Waals surface area contributed by atoms with Crippen LogP contribution in [0, 0.1) is 28.4 Å².